The van der Waals surface area contributed by atoms with E-state index >= 15 is 4.39 Å². The zero-order chi connectivity index (χ0) is 36.4. The molecule has 0 spiro atoms. The molecule has 0 saturated heterocycles. The zero-order valence-corrected chi connectivity index (χ0v) is 28.4. The number of anilines is 1. The first kappa shape index (κ1) is 34.6. The van der Waals surface area contributed by atoms with Gasteiger partial charge in [-0.3, -0.25) is 14.4 Å². The number of nitrogens with zero attached hydrogens (tertiary/aromatic N) is 5. The van der Waals surface area contributed by atoms with Gasteiger partial charge in [-0.15, -0.1) is 5.10 Å². The first-order chi connectivity index (χ1) is 24.4. The highest BCUT2D eigenvalue weighted by atomic mass is 35.5. The molecule has 4 aromatic carbocycles. The fourth-order valence-electron chi connectivity index (χ4n) is 6.29. The van der Waals surface area contributed by atoms with Gasteiger partial charge in [-0.25, -0.2) is 9.18 Å². The number of aromatic nitrogens is 4. The number of rotatable bonds is 8. The van der Waals surface area contributed by atoms with Gasteiger partial charge in [0, 0.05) is 35.5 Å². The lowest BCUT2D eigenvalue weighted by molar-refractivity contribution is -0.142. The molecule has 2 heterocycles. The SMILES string of the molecule is CNC(=O)c1ccc(-c2cccc3c2CC(C)(C)N(C(=O)C=Cc2c(-n4cnnn4)ccc(Cl)c2F)[C@@H]3C(=O)Nc2ccc(C(=O)O)cc2)cc1. The van der Waals surface area contributed by atoms with Gasteiger partial charge in [0.1, 0.15) is 12.4 Å². The average molecular weight is 708 g/mol. The molecule has 3 amide bonds. The lowest BCUT2D eigenvalue weighted by atomic mass is 9.77. The van der Waals surface area contributed by atoms with Crippen molar-refractivity contribution in [1.82, 2.24) is 30.4 Å². The van der Waals surface area contributed by atoms with Crippen LogP contribution in [0.3, 0.4) is 0 Å². The van der Waals surface area contributed by atoms with Gasteiger partial charge in [-0.1, -0.05) is 41.9 Å². The molecule has 6 rings (SSSR count). The van der Waals surface area contributed by atoms with E-state index in [-0.39, 0.29) is 27.7 Å². The van der Waals surface area contributed by atoms with Gasteiger partial charge in [-0.2, -0.15) is 4.68 Å². The third-order valence-electron chi connectivity index (χ3n) is 8.69. The number of tetrazole rings is 1. The maximum atomic E-state index is 15.4. The predicted octanol–water partition coefficient (Wildman–Crippen LogP) is 5.74. The monoisotopic (exact) mass is 707 g/mol. The summed E-state index contributed by atoms with van der Waals surface area (Å²) in [6.45, 7) is 3.67. The number of nitrogens with one attached hydrogen (secondary N) is 2. The number of aromatic carboxylic acids is 1. The number of fused-ring (bicyclic) bond motifs is 1. The van der Waals surface area contributed by atoms with E-state index in [1.54, 1.807) is 31.3 Å². The molecule has 258 valence electrons. The Bertz CT molecular complexity index is 2190. The van der Waals surface area contributed by atoms with Crippen LogP contribution in [0.2, 0.25) is 5.02 Å². The average Bonchev–Trinajstić information content (AvgIpc) is 3.66. The zero-order valence-electron chi connectivity index (χ0n) is 27.6. The number of hydrogen-bond acceptors (Lipinski definition) is 7. The van der Waals surface area contributed by atoms with E-state index in [9.17, 15) is 24.3 Å². The highest BCUT2D eigenvalue weighted by molar-refractivity contribution is 6.31. The van der Waals surface area contributed by atoms with Crippen molar-refractivity contribution in [3.63, 3.8) is 0 Å². The fraction of sp³-hybridized carbons (Fsp3) is 0.162. The molecule has 0 bridgehead atoms. The van der Waals surface area contributed by atoms with Crippen LogP contribution < -0.4 is 10.6 Å². The minimum absolute atomic E-state index is 0.0413. The van der Waals surface area contributed by atoms with Gasteiger partial charge in [0.05, 0.1) is 16.3 Å². The minimum Gasteiger partial charge on any atom is -0.478 e. The van der Waals surface area contributed by atoms with Gasteiger partial charge >= 0.3 is 5.97 Å². The molecule has 1 aliphatic rings. The van der Waals surface area contributed by atoms with Gasteiger partial charge in [-0.05, 0) is 108 Å². The smallest absolute Gasteiger partial charge is 0.335 e. The van der Waals surface area contributed by atoms with Crippen LogP contribution in [0.1, 0.15) is 57.3 Å². The number of carbonyl (C=O) groups is 4. The number of benzene rings is 4. The Kier molecular flexibility index (Phi) is 9.48. The van der Waals surface area contributed by atoms with Crippen LogP contribution in [-0.2, 0) is 16.0 Å². The van der Waals surface area contributed by atoms with E-state index in [4.69, 9.17) is 11.6 Å². The summed E-state index contributed by atoms with van der Waals surface area (Å²) in [7, 11) is 1.55. The summed E-state index contributed by atoms with van der Waals surface area (Å²) in [4.78, 5) is 53.7. The van der Waals surface area contributed by atoms with Crippen molar-refractivity contribution in [2.24, 2.45) is 0 Å². The molecule has 1 atom stereocenters. The first-order valence-electron chi connectivity index (χ1n) is 15.7. The molecule has 5 aromatic rings. The number of hydrogen-bond donors (Lipinski definition) is 3. The normalized spacial score (nSPS) is 14.9. The summed E-state index contributed by atoms with van der Waals surface area (Å²) < 4.78 is 16.6. The molecular weight excluding hydrogens is 677 g/mol. The second kappa shape index (κ2) is 14.0. The summed E-state index contributed by atoms with van der Waals surface area (Å²) >= 11 is 6.11. The Balaban J connectivity index is 1.44. The summed E-state index contributed by atoms with van der Waals surface area (Å²) in [5.74, 6) is -3.27. The Morgan fingerprint density at radius 1 is 0.980 bits per heavy atom. The van der Waals surface area contributed by atoms with Gasteiger partial charge in [0.2, 0.25) is 5.91 Å². The summed E-state index contributed by atoms with van der Waals surface area (Å²) in [5, 5.41) is 25.7. The Labute approximate surface area is 296 Å². The number of carboxylic acid groups (broad SMARTS) is 1. The van der Waals surface area contributed by atoms with Crippen molar-refractivity contribution in [2.75, 3.05) is 12.4 Å². The topological polar surface area (TPSA) is 159 Å². The molecule has 1 aliphatic heterocycles. The van der Waals surface area contributed by atoms with E-state index in [0.29, 0.717) is 23.2 Å². The van der Waals surface area contributed by atoms with Crippen LogP contribution >= 0.6 is 11.6 Å². The van der Waals surface area contributed by atoms with Crippen molar-refractivity contribution in [2.45, 2.75) is 31.8 Å². The van der Waals surface area contributed by atoms with Crippen molar-refractivity contribution in [3.8, 4) is 16.8 Å². The van der Waals surface area contributed by atoms with Crippen LogP contribution in [0.25, 0.3) is 22.9 Å². The second-order valence-corrected chi connectivity index (χ2v) is 12.8. The van der Waals surface area contributed by atoms with E-state index in [1.165, 1.54) is 64.5 Å². The van der Waals surface area contributed by atoms with Crippen LogP contribution in [0.15, 0.2) is 91.3 Å². The quantitative estimate of drug-likeness (QED) is 0.172. The maximum absolute atomic E-state index is 15.4. The van der Waals surface area contributed by atoms with Crippen molar-refractivity contribution >= 4 is 47.1 Å². The molecule has 0 fully saturated rings. The maximum Gasteiger partial charge on any atom is 0.335 e. The standard InChI is InChI=1S/C37H31ClFN7O5/c1-37(2)19-28-25(21-7-9-22(10-8-21)34(48)40-3)5-4-6-26(28)33(35(49)42-24-13-11-23(12-14-24)36(50)51)46(37)31(47)18-15-27-30(45-20-41-43-44-45)17-16-29(38)32(27)39/h4-18,20,33H,19H2,1-3H3,(H,40,48)(H,42,49)(H,50,51)/t33-/m0/s1. The van der Waals surface area contributed by atoms with Crippen molar-refractivity contribution in [3.05, 3.63) is 130 Å². The summed E-state index contributed by atoms with van der Waals surface area (Å²) in [5.41, 5.74) is 3.10. The Hall–Kier alpha value is -6.21. The molecule has 12 nitrogen and oxygen atoms in total. The van der Waals surface area contributed by atoms with Gasteiger partial charge in [0.15, 0.2) is 5.82 Å². The van der Waals surface area contributed by atoms with E-state index in [0.717, 1.165) is 16.7 Å². The Morgan fingerprint density at radius 2 is 1.69 bits per heavy atom. The van der Waals surface area contributed by atoms with E-state index < -0.39 is 35.2 Å². The number of amides is 3. The lowest BCUT2D eigenvalue weighted by Gasteiger charge is -2.48. The molecule has 1 aromatic heterocycles. The van der Waals surface area contributed by atoms with Crippen LogP contribution in [0.5, 0.6) is 0 Å². The molecule has 14 heteroatoms. The molecular formula is C37H31ClFN7O5. The largest absolute Gasteiger partial charge is 0.478 e. The summed E-state index contributed by atoms with van der Waals surface area (Å²) in [6, 6.07) is 19.9. The highest BCUT2D eigenvalue weighted by Crippen LogP contribution is 2.43. The second-order valence-electron chi connectivity index (χ2n) is 12.4. The minimum atomic E-state index is -1.17. The molecule has 51 heavy (non-hydrogen) atoms. The molecule has 0 unspecified atom stereocenters. The molecule has 0 saturated carbocycles. The summed E-state index contributed by atoms with van der Waals surface area (Å²) in [6.07, 6.45) is 4.07. The number of halogens is 2. The lowest BCUT2D eigenvalue weighted by Crippen LogP contribution is -2.56. The number of carbonyl (C=O) groups excluding carboxylic acids is 3. The van der Waals surface area contributed by atoms with Crippen LogP contribution in [0.4, 0.5) is 10.1 Å². The van der Waals surface area contributed by atoms with E-state index in [1.807, 2.05) is 32.0 Å². The molecule has 0 aliphatic carbocycles. The molecule has 0 radical (unpaired) electrons. The highest BCUT2D eigenvalue weighted by Gasteiger charge is 2.46. The third kappa shape index (κ3) is 6.83. The van der Waals surface area contributed by atoms with Gasteiger partial charge < -0.3 is 20.6 Å². The Morgan fingerprint density at radius 3 is 2.33 bits per heavy atom. The third-order valence-corrected chi connectivity index (χ3v) is 8.99. The van der Waals surface area contributed by atoms with Gasteiger partial charge in [0.25, 0.3) is 11.8 Å². The van der Waals surface area contributed by atoms with E-state index in [2.05, 4.69) is 26.2 Å². The van der Waals surface area contributed by atoms with Crippen molar-refractivity contribution < 1.29 is 28.7 Å². The number of carboxylic acids is 1. The van der Waals surface area contributed by atoms with Crippen LogP contribution in [-0.4, -0.2) is 66.5 Å². The van der Waals surface area contributed by atoms with Crippen molar-refractivity contribution in [1.29, 1.82) is 0 Å². The molecule has 3 N–H and O–H groups in total. The predicted molar refractivity (Wildman–Crippen MR) is 188 cm³/mol. The fourth-order valence-corrected chi connectivity index (χ4v) is 6.46. The van der Waals surface area contributed by atoms with Crippen LogP contribution in [0, 0.1) is 5.82 Å². The first-order valence-corrected chi connectivity index (χ1v) is 16.1.